The Labute approximate surface area is 83.3 Å². The van der Waals surface area contributed by atoms with Gasteiger partial charge in [-0.3, -0.25) is 0 Å². The van der Waals surface area contributed by atoms with Gasteiger partial charge in [0.15, 0.2) is 0 Å². The number of rotatable bonds is 5. The van der Waals surface area contributed by atoms with Gasteiger partial charge in [-0.1, -0.05) is 12.1 Å². The van der Waals surface area contributed by atoms with E-state index >= 15 is 0 Å². The predicted molar refractivity (Wildman–Crippen MR) is 52.7 cm³/mol. The molecule has 3 heteroatoms. The number of aliphatic hydroxyl groups is 1. The average Bonchev–Trinajstić information content (AvgIpc) is 2.21. The molecule has 0 aromatic heterocycles. The quantitative estimate of drug-likeness (QED) is 0.783. The van der Waals surface area contributed by atoms with Crippen LogP contribution in [0.5, 0.6) is 0 Å². The Morgan fingerprint density at radius 2 is 2.00 bits per heavy atom. The van der Waals surface area contributed by atoms with Gasteiger partial charge in [-0.2, -0.15) is 0 Å². The molecule has 0 saturated carbocycles. The van der Waals surface area contributed by atoms with Gasteiger partial charge < -0.3 is 9.84 Å². The second kappa shape index (κ2) is 5.73. The van der Waals surface area contributed by atoms with E-state index < -0.39 is 0 Å². The van der Waals surface area contributed by atoms with E-state index in [1.807, 2.05) is 0 Å². The first-order chi connectivity index (χ1) is 6.77. The Balaban J connectivity index is 2.64. The minimum absolute atomic E-state index is 0.0375. The molecule has 1 atom stereocenters. The Hall–Kier alpha value is -0.930. The van der Waals surface area contributed by atoms with Crippen molar-refractivity contribution in [1.29, 1.82) is 0 Å². The molecule has 78 valence electrons. The van der Waals surface area contributed by atoms with Crippen molar-refractivity contribution in [2.45, 2.75) is 12.3 Å². The van der Waals surface area contributed by atoms with E-state index in [1.54, 1.807) is 19.2 Å². The fraction of sp³-hybridized carbons (Fsp3) is 0.455. The molecule has 2 nitrogen and oxygen atoms in total. The monoisotopic (exact) mass is 198 g/mol. The third-order valence-corrected chi connectivity index (χ3v) is 2.23. The lowest BCUT2D eigenvalue weighted by Crippen LogP contribution is -2.07. The summed E-state index contributed by atoms with van der Waals surface area (Å²) in [5.41, 5.74) is 0.950. The second-order valence-electron chi connectivity index (χ2n) is 3.21. The van der Waals surface area contributed by atoms with Crippen LogP contribution in [0, 0.1) is 5.82 Å². The summed E-state index contributed by atoms with van der Waals surface area (Å²) in [6.07, 6.45) is 0.749. The zero-order chi connectivity index (χ0) is 10.4. The van der Waals surface area contributed by atoms with Gasteiger partial charge in [-0.15, -0.1) is 0 Å². The number of aliphatic hydroxyl groups excluding tert-OH is 1. The van der Waals surface area contributed by atoms with Crippen LogP contribution in [-0.2, 0) is 4.74 Å². The summed E-state index contributed by atoms with van der Waals surface area (Å²) in [4.78, 5) is 0. The summed E-state index contributed by atoms with van der Waals surface area (Å²) in [7, 11) is 1.62. The summed E-state index contributed by atoms with van der Waals surface area (Å²) in [5, 5.41) is 9.13. The maximum absolute atomic E-state index is 12.6. The third-order valence-electron chi connectivity index (χ3n) is 2.23. The van der Waals surface area contributed by atoms with Crippen LogP contribution >= 0.6 is 0 Å². The van der Waals surface area contributed by atoms with Crippen LogP contribution in [0.3, 0.4) is 0 Å². The molecular weight excluding hydrogens is 183 g/mol. The SMILES string of the molecule is COCCC(CO)c1ccc(F)cc1. The summed E-state index contributed by atoms with van der Waals surface area (Å²) >= 11 is 0. The van der Waals surface area contributed by atoms with E-state index in [2.05, 4.69) is 0 Å². The van der Waals surface area contributed by atoms with Gasteiger partial charge in [0.1, 0.15) is 5.82 Å². The van der Waals surface area contributed by atoms with Gasteiger partial charge in [-0.05, 0) is 24.1 Å². The normalized spacial score (nSPS) is 12.8. The first-order valence-corrected chi connectivity index (χ1v) is 4.63. The van der Waals surface area contributed by atoms with Crippen LogP contribution in [0.15, 0.2) is 24.3 Å². The zero-order valence-corrected chi connectivity index (χ0v) is 8.24. The van der Waals surface area contributed by atoms with E-state index in [0.717, 1.165) is 12.0 Å². The lowest BCUT2D eigenvalue weighted by Gasteiger charge is -2.13. The summed E-state index contributed by atoms with van der Waals surface area (Å²) in [5.74, 6) is -0.215. The highest BCUT2D eigenvalue weighted by Crippen LogP contribution is 2.19. The van der Waals surface area contributed by atoms with E-state index in [0.29, 0.717) is 6.61 Å². The van der Waals surface area contributed by atoms with Crippen LogP contribution in [0.4, 0.5) is 4.39 Å². The number of hydrogen-bond donors (Lipinski definition) is 1. The minimum Gasteiger partial charge on any atom is -0.396 e. The Morgan fingerprint density at radius 1 is 1.36 bits per heavy atom. The van der Waals surface area contributed by atoms with Crippen molar-refractivity contribution in [3.63, 3.8) is 0 Å². The van der Waals surface area contributed by atoms with Crippen LogP contribution < -0.4 is 0 Å². The molecule has 0 fully saturated rings. The number of methoxy groups -OCH3 is 1. The van der Waals surface area contributed by atoms with Crippen LogP contribution in [-0.4, -0.2) is 25.4 Å². The van der Waals surface area contributed by atoms with Crippen LogP contribution in [0.2, 0.25) is 0 Å². The van der Waals surface area contributed by atoms with Crippen molar-refractivity contribution in [3.8, 4) is 0 Å². The summed E-state index contributed by atoms with van der Waals surface area (Å²) < 4.78 is 17.6. The molecule has 0 heterocycles. The van der Waals surface area contributed by atoms with Gasteiger partial charge in [-0.25, -0.2) is 4.39 Å². The molecule has 1 unspecified atom stereocenters. The van der Waals surface area contributed by atoms with Crippen LogP contribution in [0.1, 0.15) is 17.9 Å². The fourth-order valence-corrected chi connectivity index (χ4v) is 1.36. The van der Waals surface area contributed by atoms with Crippen LogP contribution in [0.25, 0.3) is 0 Å². The van der Waals surface area contributed by atoms with Crippen molar-refractivity contribution >= 4 is 0 Å². The fourth-order valence-electron chi connectivity index (χ4n) is 1.36. The molecule has 0 bridgehead atoms. The number of ether oxygens (including phenoxy) is 1. The smallest absolute Gasteiger partial charge is 0.123 e. The molecule has 14 heavy (non-hydrogen) atoms. The van der Waals surface area contributed by atoms with E-state index in [-0.39, 0.29) is 18.3 Å². The number of halogens is 1. The molecule has 0 saturated heterocycles. The maximum Gasteiger partial charge on any atom is 0.123 e. The molecule has 0 aliphatic heterocycles. The average molecular weight is 198 g/mol. The van der Waals surface area contributed by atoms with Crippen molar-refractivity contribution in [2.24, 2.45) is 0 Å². The number of benzene rings is 1. The predicted octanol–water partition coefficient (Wildman–Crippen LogP) is 1.94. The largest absolute Gasteiger partial charge is 0.396 e. The lowest BCUT2D eigenvalue weighted by molar-refractivity contribution is 0.169. The maximum atomic E-state index is 12.6. The van der Waals surface area contributed by atoms with Crippen molar-refractivity contribution in [1.82, 2.24) is 0 Å². The summed E-state index contributed by atoms with van der Waals surface area (Å²) in [6, 6.07) is 6.22. The second-order valence-corrected chi connectivity index (χ2v) is 3.21. The highest BCUT2D eigenvalue weighted by molar-refractivity contribution is 5.20. The zero-order valence-electron chi connectivity index (χ0n) is 8.24. The molecule has 1 N–H and O–H groups in total. The molecule has 1 aromatic carbocycles. The molecule has 0 aliphatic carbocycles. The minimum atomic E-state index is -0.253. The lowest BCUT2D eigenvalue weighted by atomic mass is 9.97. The molecule has 1 rings (SSSR count). The van der Waals surface area contributed by atoms with Crippen molar-refractivity contribution < 1.29 is 14.2 Å². The van der Waals surface area contributed by atoms with E-state index in [4.69, 9.17) is 9.84 Å². The Kier molecular flexibility index (Phi) is 4.56. The first kappa shape index (κ1) is 11.1. The molecule has 0 aliphatic rings. The molecule has 0 radical (unpaired) electrons. The Bertz CT molecular complexity index is 258. The van der Waals surface area contributed by atoms with E-state index in [9.17, 15) is 4.39 Å². The van der Waals surface area contributed by atoms with Gasteiger partial charge in [0, 0.05) is 19.6 Å². The highest BCUT2D eigenvalue weighted by atomic mass is 19.1. The standard InChI is InChI=1S/C11H15FO2/c1-14-7-6-10(8-13)9-2-4-11(12)5-3-9/h2-5,10,13H,6-8H2,1H3. The van der Waals surface area contributed by atoms with Crippen molar-refractivity contribution in [3.05, 3.63) is 35.6 Å². The van der Waals surface area contributed by atoms with E-state index in [1.165, 1.54) is 12.1 Å². The van der Waals surface area contributed by atoms with Gasteiger partial charge in [0.25, 0.3) is 0 Å². The molecule has 0 spiro atoms. The topological polar surface area (TPSA) is 29.5 Å². The summed E-state index contributed by atoms with van der Waals surface area (Å²) in [6.45, 7) is 0.664. The molecule has 1 aromatic rings. The van der Waals surface area contributed by atoms with Gasteiger partial charge >= 0.3 is 0 Å². The third kappa shape index (κ3) is 3.09. The van der Waals surface area contributed by atoms with Gasteiger partial charge in [0.05, 0.1) is 6.61 Å². The highest BCUT2D eigenvalue weighted by Gasteiger charge is 2.09. The first-order valence-electron chi connectivity index (χ1n) is 4.63. The number of hydrogen-bond acceptors (Lipinski definition) is 2. The molecule has 0 amide bonds. The Morgan fingerprint density at radius 3 is 2.50 bits per heavy atom. The van der Waals surface area contributed by atoms with Gasteiger partial charge in [0.2, 0.25) is 0 Å². The molecular formula is C11H15FO2. The van der Waals surface area contributed by atoms with Crippen molar-refractivity contribution in [2.75, 3.05) is 20.3 Å².